The zero-order valence-corrected chi connectivity index (χ0v) is 13.7. The molecule has 118 valence electrons. The first kappa shape index (κ1) is 15.2. The summed E-state index contributed by atoms with van der Waals surface area (Å²) in [5, 5.41) is 3.22. The molecule has 3 rings (SSSR count). The van der Waals surface area contributed by atoms with Crippen LogP contribution in [0.2, 0.25) is 0 Å². The summed E-state index contributed by atoms with van der Waals surface area (Å²) in [6.07, 6.45) is 4.60. The van der Waals surface area contributed by atoms with E-state index in [4.69, 9.17) is 0 Å². The molecule has 0 bridgehead atoms. The molecule has 0 atom stereocenters. The van der Waals surface area contributed by atoms with Crippen LogP contribution in [0, 0.1) is 5.92 Å². The molecule has 0 radical (unpaired) electrons. The fourth-order valence-corrected chi connectivity index (χ4v) is 2.45. The van der Waals surface area contributed by atoms with E-state index in [1.807, 2.05) is 49.6 Å². The topological polar surface area (TPSA) is 55.6 Å². The molecule has 3 aromatic rings. The molecule has 0 unspecified atom stereocenters. The van der Waals surface area contributed by atoms with E-state index in [-0.39, 0.29) is 0 Å². The van der Waals surface area contributed by atoms with Crippen molar-refractivity contribution in [3.05, 3.63) is 54.6 Å². The predicted octanol–water partition coefficient (Wildman–Crippen LogP) is 3.82. The van der Waals surface area contributed by atoms with E-state index in [9.17, 15) is 0 Å². The average Bonchev–Trinajstić information content (AvgIpc) is 2.89. The molecule has 5 nitrogen and oxygen atoms in total. The smallest absolute Gasteiger partial charge is 0.227 e. The van der Waals surface area contributed by atoms with E-state index in [0.29, 0.717) is 11.9 Å². The molecule has 2 heterocycles. The first-order valence-electron chi connectivity index (χ1n) is 7.79. The number of aromatic nitrogens is 4. The second-order valence-electron chi connectivity index (χ2n) is 5.97. The Labute approximate surface area is 136 Å². The number of benzene rings is 1. The van der Waals surface area contributed by atoms with Crippen molar-refractivity contribution < 1.29 is 0 Å². The van der Waals surface area contributed by atoms with Crippen molar-refractivity contribution in [2.24, 2.45) is 13.0 Å². The van der Waals surface area contributed by atoms with Crippen LogP contribution in [-0.2, 0) is 13.5 Å². The van der Waals surface area contributed by atoms with Crippen LogP contribution in [0.25, 0.3) is 11.4 Å². The summed E-state index contributed by atoms with van der Waals surface area (Å²) in [6, 6.07) is 11.8. The van der Waals surface area contributed by atoms with Gasteiger partial charge in [0, 0.05) is 25.4 Å². The number of nitrogens with one attached hydrogen (secondary N) is 1. The number of imidazole rings is 1. The highest BCUT2D eigenvalue weighted by Gasteiger charge is 2.11. The summed E-state index contributed by atoms with van der Waals surface area (Å²) < 4.78 is 2.11. The van der Waals surface area contributed by atoms with Gasteiger partial charge in [-0.2, -0.15) is 0 Å². The largest absolute Gasteiger partial charge is 0.330 e. The van der Waals surface area contributed by atoms with E-state index >= 15 is 0 Å². The van der Waals surface area contributed by atoms with Gasteiger partial charge in [0.2, 0.25) is 5.95 Å². The molecule has 0 aliphatic rings. The molecule has 0 aliphatic carbocycles. The second kappa shape index (κ2) is 6.60. The zero-order chi connectivity index (χ0) is 16.2. The summed E-state index contributed by atoms with van der Waals surface area (Å²) in [5.41, 5.74) is 2.83. The van der Waals surface area contributed by atoms with Crippen molar-refractivity contribution >= 4 is 11.6 Å². The van der Waals surface area contributed by atoms with E-state index in [0.717, 1.165) is 29.3 Å². The van der Waals surface area contributed by atoms with E-state index < -0.39 is 0 Å². The number of hydrogen-bond donors (Lipinski definition) is 1. The molecule has 0 saturated heterocycles. The van der Waals surface area contributed by atoms with Crippen LogP contribution in [-0.4, -0.2) is 19.5 Å². The maximum Gasteiger partial charge on any atom is 0.227 e. The van der Waals surface area contributed by atoms with Gasteiger partial charge in [-0.1, -0.05) is 32.0 Å². The Bertz CT molecular complexity index is 777. The molecule has 0 fully saturated rings. The minimum Gasteiger partial charge on any atom is -0.330 e. The second-order valence-corrected chi connectivity index (χ2v) is 5.97. The number of anilines is 2. The normalized spacial score (nSPS) is 11.0. The van der Waals surface area contributed by atoms with Gasteiger partial charge in [-0.3, -0.25) is 0 Å². The van der Waals surface area contributed by atoms with Gasteiger partial charge in [0.15, 0.2) is 0 Å². The van der Waals surface area contributed by atoms with Crippen LogP contribution >= 0.6 is 0 Å². The van der Waals surface area contributed by atoms with Gasteiger partial charge in [-0.25, -0.2) is 15.0 Å². The lowest BCUT2D eigenvalue weighted by Crippen LogP contribution is -2.05. The molecule has 1 aromatic carbocycles. The minimum atomic E-state index is 0.574. The number of rotatable bonds is 5. The number of hydrogen-bond acceptors (Lipinski definition) is 4. The van der Waals surface area contributed by atoms with Crippen molar-refractivity contribution in [3.63, 3.8) is 0 Å². The van der Waals surface area contributed by atoms with Crippen LogP contribution in [0.4, 0.5) is 11.6 Å². The van der Waals surface area contributed by atoms with Gasteiger partial charge >= 0.3 is 0 Å². The van der Waals surface area contributed by atoms with Crippen molar-refractivity contribution in [1.82, 2.24) is 19.5 Å². The fourth-order valence-electron chi connectivity index (χ4n) is 2.45. The van der Waals surface area contributed by atoms with E-state index in [2.05, 4.69) is 38.7 Å². The minimum absolute atomic E-state index is 0.574. The summed E-state index contributed by atoms with van der Waals surface area (Å²) in [7, 11) is 2.03. The molecule has 0 aliphatic heterocycles. The van der Waals surface area contributed by atoms with Crippen LogP contribution < -0.4 is 5.32 Å². The summed E-state index contributed by atoms with van der Waals surface area (Å²) in [6.45, 7) is 4.39. The van der Waals surface area contributed by atoms with Gasteiger partial charge in [0.05, 0.1) is 17.6 Å². The lowest BCUT2D eigenvalue weighted by molar-refractivity contribution is 0.603. The quantitative estimate of drug-likeness (QED) is 0.778. The van der Waals surface area contributed by atoms with Crippen LogP contribution in [0.5, 0.6) is 0 Å². The summed E-state index contributed by atoms with van der Waals surface area (Å²) in [4.78, 5) is 13.4. The van der Waals surface area contributed by atoms with E-state index in [1.54, 1.807) is 6.20 Å². The van der Waals surface area contributed by atoms with Gasteiger partial charge in [-0.15, -0.1) is 0 Å². The molecule has 5 heteroatoms. The lowest BCUT2D eigenvalue weighted by atomic mass is 10.1. The summed E-state index contributed by atoms with van der Waals surface area (Å²) in [5.74, 6) is 2.23. The third kappa shape index (κ3) is 3.56. The van der Waals surface area contributed by atoms with E-state index in [1.165, 1.54) is 0 Å². The monoisotopic (exact) mass is 307 g/mol. The Balaban J connectivity index is 1.87. The van der Waals surface area contributed by atoms with Gasteiger partial charge < -0.3 is 9.88 Å². The SMILES string of the molecule is CC(C)Cc1ncc(-c2ccnc(Nc3ccccc3)n2)n1C. The Morgan fingerprint density at radius 3 is 2.61 bits per heavy atom. The Morgan fingerprint density at radius 1 is 1.09 bits per heavy atom. The third-order valence-electron chi connectivity index (χ3n) is 3.62. The van der Waals surface area contributed by atoms with Crippen molar-refractivity contribution in [1.29, 1.82) is 0 Å². The fraction of sp³-hybridized carbons (Fsp3) is 0.278. The Kier molecular flexibility index (Phi) is 4.37. The zero-order valence-electron chi connectivity index (χ0n) is 13.7. The number of nitrogens with zero attached hydrogens (tertiary/aromatic N) is 4. The molecule has 1 N–H and O–H groups in total. The highest BCUT2D eigenvalue weighted by Crippen LogP contribution is 2.21. The highest BCUT2D eigenvalue weighted by molar-refractivity contribution is 5.59. The van der Waals surface area contributed by atoms with Gasteiger partial charge in [-0.05, 0) is 24.1 Å². The van der Waals surface area contributed by atoms with Crippen LogP contribution in [0.15, 0.2) is 48.8 Å². The maximum atomic E-state index is 4.61. The van der Waals surface area contributed by atoms with Crippen molar-refractivity contribution in [3.8, 4) is 11.4 Å². The highest BCUT2D eigenvalue weighted by atomic mass is 15.1. The molecule has 0 saturated carbocycles. The molecular formula is C18H21N5. The predicted molar refractivity (Wildman–Crippen MR) is 92.5 cm³/mol. The standard InChI is InChI=1S/C18H21N5/c1-13(2)11-17-20-12-16(23(17)3)15-9-10-19-18(22-15)21-14-7-5-4-6-8-14/h4-10,12-13H,11H2,1-3H3,(H,19,21,22). The van der Waals surface area contributed by atoms with Crippen LogP contribution in [0.3, 0.4) is 0 Å². The van der Waals surface area contributed by atoms with Crippen LogP contribution in [0.1, 0.15) is 19.7 Å². The molecule has 0 amide bonds. The Hall–Kier alpha value is -2.69. The van der Waals surface area contributed by atoms with Gasteiger partial charge in [0.1, 0.15) is 5.82 Å². The third-order valence-corrected chi connectivity index (χ3v) is 3.62. The molecule has 23 heavy (non-hydrogen) atoms. The first-order valence-corrected chi connectivity index (χ1v) is 7.79. The molecule has 2 aromatic heterocycles. The lowest BCUT2D eigenvalue weighted by Gasteiger charge is -2.09. The van der Waals surface area contributed by atoms with Crippen molar-refractivity contribution in [2.45, 2.75) is 20.3 Å². The van der Waals surface area contributed by atoms with Gasteiger partial charge in [0.25, 0.3) is 0 Å². The van der Waals surface area contributed by atoms with Crippen molar-refractivity contribution in [2.75, 3.05) is 5.32 Å². The Morgan fingerprint density at radius 2 is 1.87 bits per heavy atom. The molecule has 0 spiro atoms. The average molecular weight is 307 g/mol. The molecular weight excluding hydrogens is 286 g/mol. The first-order chi connectivity index (χ1) is 11.1. The number of para-hydroxylation sites is 1. The maximum absolute atomic E-state index is 4.61. The summed E-state index contributed by atoms with van der Waals surface area (Å²) >= 11 is 0.